The van der Waals surface area contributed by atoms with Gasteiger partial charge in [-0.25, -0.2) is 4.79 Å². The van der Waals surface area contributed by atoms with Crippen LogP contribution in [-0.4, -0.2) is 40.1 Å². The first-order valence-electron chi connectivity index (χ1n) is 6.71. The molecule has 18 heavy (non-hydrogen) atoms. The molecule has 102 valence electrons. The zero-order valence-corrected chi connectivity index (χ0v) is 11.1. The number of rotatable bonds is 2. The number of carboxylic acids is 1. The number of nitrogens with one attached hydrogen (secondary N) is 1. The average Bonchev–Trinajstić information content (AvgIpc) is 2.84. The quantitative estimate of drug-likeness (QED) is 0.789. The maximum Gasteiger partial charge on any atom is 0.318 e. The van der Waals surface area contributed by atoms with E-state index < -0.39 is 5.97 Å². The summed E-state index contributed by atoms with van der Waals surface area (Å²) >= 11 is 0. The van der Waals surface area contributed by atoms with E-state index in [1.165, 1.54) is 0 Å². The third-order valence-corrected chi connectivity index (χ3v) is 4.26. The van der Waals surface area contributed by atoms with Gasteiger partial charge in [-0.15, -0.1) is 0 Å². The number of carbonyl (C=O) groups excluding carboxylic acids is 1. The van der Waals surface area contributed by atoms with E-state index in [1.807, 2.05) is 4.90 Å². The molecule has 0 spiro atoms. The predicted molar refractivity (Wildman–Crippen MR) is 67.3 cm³/mol. The first kappa shape index (κ1) is 13.2. The summed E-state index contributed by atoms with van der Waals surface area (Å²) in [5.41, 5.74) is -0.0745. The zero-order valence-electron chi connectivity index (χ0n) is 11.1. The van der Waals surface area contributed by atoms with Crippen molar-refractivity contribution < 1.29 is 14.7 Å². The van der Waals surface area contributed by atoms with Crippen LogP contribution in [0.4, 0.5) is 4.79 Å². The summed E-state index contributed by atoms with van der Waals surface area (Å²) in [6.45, 7) is 4.95. The van der Waals surface area contributed by atoms with Crippen LogP contribution in [0.5, 0.6) is 0 Å². The molecular formula is C13H22N2O3. The number of urea groups is 1. The summed E-state index contributed by atoms with van der Waals surface area (Å²) in [4.78, 5) is 24.9. The molecule has 2 fully saturated rings. The fourth-order valence-electron chi connectivity index (χ4n) is 3.07. The number of carbonyl (C=O) groups is 2. The molecule has 5 nitrogen and oxygen atoms in total. The number of carboxylic acid groups (broad SMARTS) is 1. The molecule has 1 aliphatic heterocycles. The van der Waals surface area contributed by atoms with Crippen LogP contribution in [0, 0.1) is 5.92 Å². The minimum Gasteiger partial charge on any atom is -0.481 e. The zero-order chi connectivity index (χ0) is 13.3. The molecule has 1 saturated carbocycles. The van der Waals surface area contributed by atoms with Gasteiger partial charge in [-0.2, -0.15) is 0 Å². The van der Waals surface area contributed by atoms with Crippen molar-refractivity contribution in [3.05, 3.63) is 0 Å². The van der Waals surface area contributed by atoms with E-state index in [1.54, 1.807) is 0 Å². The molecule has 0 aromatic carbocycles. The normalized spacial score (nSPS) is 30.4. The van der Waals surface area contributed by atoms with E-state index in [-0.39, 0.29) is 23.5 Å². The fourth-order valence-corrected chi connectivity index (χ4v) is 3.07. The molecule has 5 heteroatoms. The summed E-state index contributed by atoms with van der Waals surface area (Å²) in [7, 11) is 0. The van der Waals surface area contributed by atoms with Crippen LogP contribution >= 0.6 is 0 Å². The third-order valence-electron chi connectivity index (χ3n) is 4.26. The molecule has 1 heterocycles. The SMILES string of the molecule is CC1(C)CCCN1C(=O)NC1CCC(C(=O)O)C1. The molecule has 0 aromatic heterocycles. The largest absolute Gasteiger partial charge is 0.481 e. The van der Waals surface area contributed by atoms with Crippen molar-refractivity contribution in [1.82, 2.24) is 10.2 Å². The molecule has 1 aliphatic carbocycles. The Kier molecular flexibility index (Phi) is 3.50. The number of amides is 2. The molecule has 0 aromatic rings. The molecular weight excluding hydrogens is 232 g/mol. The Labute approximate surface area is 108 Å². The topological polar surface area (TPSA) is 69.6 Å². The van der Waals surface area contributed by atoms with Gasteiger partial charge in [0.15, 0.2) is 0 Å². The Balaban J connectivity index is 1.87. The van der Waals surface area contributed by atoms with Gasteiger partial charge in [0.25, 0.3) is 0 Å². The highest BCUT2D eigenvalue weighted by Gasteiger charge is 2.37. The highest BCUT2D eigenvalue weighted by atomic mass is 16.4. The van der Waals surface area contributed by atoms with E-state index in [0.717, 1.165) is 25.8 Å². The number of likely N-dealkylation sites (tertiary alicyclic amines) is 1. The molecule has 2 N–H and O–H groups in total. The van der Waals surface area contributed by atoms with E-state index in [9.17, 15) is 9.59 Å². The molecule has 2 unspecified atom stereocenters. The van der Waals surface area contributed by atoms with Crippen LogP contribution in [0.2, 0.25) is 0 Å². The van der Waals surface area contributed by atoms with E-state index >= 15 is 0 Å². The Morgan fingerprint density at radius 2 is 2.06 bits per heavy atom. The number of hydrogen-bond donors (Lipinski definition) is 2. The lowest BCUT2D eigenvalue weighted by atomic mass is 10.0. The maximum absolute atomic E-state index is 12.2. The average molecular weight is 254 g/mol. The van der Waals surface area contributed by atoms with Gasteiger partial charge in [0.2, 0.25) is 0 Å². The summed E-state index contributed by atoms with van der Waals surface area (Å²) in [6.07, 6.45) is 4.08. The number of hydrogen-bond acceptors (Lipinski definition) is 2. The highest BCUT2D eigenvalue weighted by molar-refractivity contribution is 5.76. The molecule has 0 radical (unpaired) electrons. The van der Waals surface area contributed by atoms with Crippen LogP contribution < -0.4 is 5.32 Å². The van der Waals surface area contributed by atoms with Crippen LogP contribution in [-0.2, 0) is 4.79 Å². The Bertz CT molecular complexity index is 354. The lowest BCUT2D eigenvalue weighted by Gasteiger charge is -2.32. The number of nitrogens with zero attached hydrogens (tertiary/aromatic N) is 1. The van der Waals surface area contributed by atoms with Gasteiger partial charge in [0.05, 0.1) is 5.92 Å². The van der Waals surface area contributed by atoms with Crippen molar-refractivity contribution in [1.29, 1.82) is 0 Å². The van der Waals surface area contributed by atoms with Gasteiger partial charge >= 0.3 is 12.0 Å². The molecule has 0 bridgehead atoms. The van der Waals surface area contributed by atoms with Gasteiger partial charge in [0, 0.05) is 18.1 Å². The van der Waals surface area contributed by atoms with Crippen LogP contribution in [0.1, 0.15) is 46.0 Å². The maximum atomic E-state index is 12.2. The van der Waals surface area contributed by atoms with E-state index in [0.29, 0.717) is 12.8 Å². The Morgan fingerprint density at radius 1 is 1.33 bits per heavy atom. The van der Waals surface area contributed by atoms with Gasteiger partial charge < -0.3 is 15.3 Å². The van der Waals surface area contributed by atoms with Gasteiger partial charge in [0.1, 0.15) is 0 Å². The van der Waals surface area contributed by atoms with Crippen LogP contribution in [0.25, 0.3) is 0 Å². The third kappa shape index (κ3) is 2.60. The van der Waals surface area contributed by atoms with Gasteiger partial charge in [-0.05, 0) is 46.0 Å². The second kappa shape index (κ2) is 4.78. The molecule has 1 saturated heterocycles. The smallest absolute Gasteiger partial charge is 0.318 e. The first-order valence-corrected chi connectivity index (χ1v) is 6.71. The molecule has 2 aliphatic rings. The van der Waals surface area contributed by atoms with E-state index in [2.05, 4.69) is 19.2 Å². The van der Waals surface area contributed by atoms with Gasteiger partial charge in [-0.3, -0.25) is 4.79 Å². The summed E-state index contributed by atoms with van der Waals surface area (Å²) in [6, 6.07) is -0.0106. The summed E-state index contributed by atoms with van der Waals surface area (Å²) < 4.78 is 0. The molecule has 2 rings (SSSR count). The van der Waals surface area contributed by atoms with Crippen LogP contribution in [0.3, 0.4) is 0 Å². The van der Waals surface area contributed by atoms with E-state index in [4.69, 9.17) is 5.11 Å². The van der Waals surface area contributed by atoms with Crippen molar-refractivity contribution >= 4 is 12.0 Å². The van der Waals surface area contributed by atoms with Crippen LogP contribution in [0.15, 0.2) is 0 Å². The van der Waals surface area contributed by atoms with Crippen molar-refractivity contribution in [2.45, 2.75) is 57.5 Å². The lowest BCUT2D eigenvalue weighted by molar-refractivity contribution is -0.141. The standard InChI is InChI=1S/C13H22N2O3/c1-13(2)6-3-7-15(13)12(18)14-10-5-4-9(8-10)11(16)17/h9-10H,3-8H2,1-2H3,(H,14,18)(H,16,17). The van der Waals surface area contributed by atoms with Crippen molar-refractivity contribution in [3.8, 4) is 0 Å². The lowest BCUT2D eigenvalue weighted by Crippen LogP contribution is -2.50. The predicted octanol–water partition coefficient (Wildman–Crippen LogP) is 1.82. The van der Waals surface area contributed by atoms with Gasteiger partial charge in [-0.1, -0.05) is 0 Å². The second-order valence-corrected chi connectivity index (χ2v) is 6.06. The monoisotopic (exact) mass is 254 g/mol. The minimum atomic E-state index is -0.742. The molecule has 2 amide bonds. The van der Waals surface area contributed by atoms with Crippen molar-refractivity contribution in [3.63, 3.8) is 0 Å². The first-order chi connectivity index (χ1) is 8.40. The molecule has 2 atom stereocenters. The summed E-state index contributed by atoms with van der Waals surface area (Å²) in [5, 5.41) is 11.9. The Hall–Kier alpha value is -1.26. The fraction of sp³-hybridized carbons (Fsp3) is 0.846. The number of aliphatic carboxylic acids is 1. The Morgan fingerprint density at radius 3 is 2.56 bits per heavy atom. The second-order valence-electron chi connectivity index (χ2n) is 6.06. The summed E-state index contributed by atoms with van der Waals surface area (Å²) in [5.74, 6) is -1.03. The minimum absolute atomic E-state index is 0.0231. The van der Waals surface area contributed by atoms with Crippen molar-refractivity contribution in [2.24, 2.45) is 5.92 Å². The van der Waals surface area contributed by atoms with Crippen molar-refractivity contribution in [2.75, 3.05) is 6.54 Å². The highest BCUT2D eigenvalue weighted by Crippen LogP contribution is 2.30.